The van der Waals surface area contributed by atoms with Crippen molar-refractivity contribution in [3.05, 3.63) is 58.4 Å². The van der Waals surface area contributed by atoms with E-state index in [9.17, 15) is 14.0 Å². The van der Waals surface area contributed by atoms with Crippen molar-refractivity contribution in [2.45, 2.75) is 26.5 Å². The van der Waals surface area contributed by atoms with E-state index in [1.165, 1.54) is 19.9 Å². The Balaban J connectivity index is 2.30. The number of carbonyl (C=O) groups is 2. The monoisotopic (exact) mass is 409 g/mol. The van der Waals surface area contributed by atoms with Gasteiger partial charge in [-0.25, -0.2) is 4.39 Å². The first-order valence-corrected chi connectivity index (χ1v) is 8.83. The van der Waals surface area contributed by atoms with E-state index in [-0.39, 0.29) is 24.1 Å². The van der Waals surface area contributed by atoms with Crippen molar-refractivity contribution < 1.29 is 28.2 Å². The molecule has 8 heteroatoms. The molecule has 0 saturated heterocycles. The maximum atomic E-state index is 14.0. The predicted octanol–water partition coefficient (Wildman–Crippen LogP) is 3.81. The van der Waals surface area contributed by atoms with Crippen LogP contribution in [0.2, 0.25) is 5.02 Å². The molecule has 0 aliphatic carbocycles. The van der Waals surface area contributed by atoms with Crippen molar-refractivity contribution in [2.24, 2.45) is 0 Å². The number of hydrogen-bond donors (Lipinski definition) is 1. The summed E-state index contributed by atoms with van der Waals surface area (Å²) in [5.74, 6) is -0.219. The van der Waals surface area contributed by atoms with Gasteiger partial charge in [0.1, 0.15) is 30.5 Å². The van der Waals surface area contributed by atoms with E-state index in [0.717, 1.165) is 6.07 Å². The molecule has 2 rings (SSSR count). The van der Waals surface area contributed by atoms with Crippen LogP contribution in [0.3, 0.4) is 0 Å². The summed E-state index contributed by atoms with van der Waals surface area (Å²) >= 11 is 6.23. The molecule has 0 heterocycles. The average Bonchev–Trinajstić information content (AvgIpc) is 2.64. The number of benzene rings is 2. The van der Waals surface area contributed by atoms with Crippen molar-refractivity contribution in [1.82, 2.24) is 5.32 Å². The number of nitrogens with one attached hydrogen (secondary N) is 1. The molecule has 1 atom stereocenters. The summed E-state index contributed by atoms with van der Waals surface area (Å²) in [7, 11) is 1.56. The highest BCUT2D eigenvalue weighted by Gasteiger charge is 2.21. The standard InChI is InChI=1S/C20H21ClFNO5/c1-12(24)23-20(11-27-13(2)25)17-8-14(22)9-19(21)18(17)10-28-16-6-4-15(26-3)5-7-16/h4-9,20H,10-11H2,1-3H3,(H,23,24)/t20-/m0/s1. The Hall–Kier alpha value is -2.80. The van der Waals surface area contributed by atoms with Crippen molar-refractivity contribution in [3.63, 3.8) is 0 Å². The van der Waals surface area contributed by atoms with Crippen molar-refractivity contribution in [1.29, 1.82) is 0 Å². The molecule has 0 aromatic heterocycles. The van der Waals surface area contributed by atoms with E-state index in [0.29, 0.717) is 22.6 Å². The third kappa shape index (κ3) is 6.13. The lowest BCUT2D eigenvalue weighted by molar-refractivity contribution is -0.142. The van der Waals surface area contributed by atoms with Crippen LogP contribution < -0.4 is 14.8 Å². The molecule has 0 fully saturated rings. The minimum Gasteiger partial charge on any atom is -0.497 e. The van der Waals surface area contributed by atoms with E-state index in [1.807, 2.05) is 0 Å². The highest BCUT2D eigenvalue weighted by atomic mass is 35.5. The summed E-state index contributed by atoms with van der Waals surface area (Å²) in [6.07, 6.45) is 0. The first kappa shape index (κ1) is 21.5. The molecule has 28 heavy (non-hydrogen) atoms. The van der Waals surface area contributed by atoms with Crippen LogP contribution in [-0.2, 0) is 20.9 Å². The van der Waals surface area contributed by atoms with E-state index in [4.69, 9.17) is 25.8 Å². The van der Waals surface area contributed by atoms with Crippen LogP contribution >= 0.6 is 11.6 Å². The molecule has 0 unspecified atom stereocenters. The zero-order chi connectivity index (χ0) is 20.7. The molecule has 0 bridgehead atoms. The number of esters is 1. The number of carbonyl (C=O) groups excluding carboxylic acids is 2. The first-order valence-electron chi connectivity index (χ1n) is 8.45. The van der Waals surface area contributed by atoms with Gasteiger partial charge in [0.05, 0.1) is 18.2 Å². The molecular weight excluding hydrogens is 389 g/mol. The van der Waals surface area contributed by atoms with Crippen molar-refractivity contribution >= 4 is 23.5 Å². The van der Waals surface area contributed by atoms with Gasteiger partial charge in [0, 0.05) is 19.4 Å². The van der Waals surface area contributed by atoms with E-state index >= 15 is 0 Å². The molecule has 2 aromatic carbocycles. The number of ether oxygens (including phenoxy) is 3. The van der Waals surface area contributed by atoms with E-state index in [1.54, 1.807) is 31.4 Å². The second kappa shape index (κ2) is 9.94. The quantitative estimate of drug-likeness (QED) is 0.671. The number of hydrogen-bond acceptors (Lipinski definition) is 5. The summed E-state index contributed by atoms with van der Waals surface area (Å²) in [5, 5.41) is 2.79. The summed E-state index contributed by atoms with van der Waals surface area (Å²) in [6, 6.07) is 8.55. The molecule has 0 radical (unpaired) electrons. The highest BCUT2D eigenvalue weighted by Crippen LogP contribution is 2.29. The Morgan fingerprint density at radius 3 is 2.36 bits per heavy atom. The van der Waals surface area contributed by atoms with Gasteiger partial charge < -0.3 is 19.5 Å². The molecule has 0 spiro atoms. The fraction of sp³-hybridized carbons (Fsp3) is 0.300. The Labute approximate surface area is 167 Å². The second-order valence-electron chi connectivity index (χ2n) is 5.98. The largest absolute Gasteiger partial charge is 0.497 e. The van der Waals surface area contributed by atoms with Gasteiger partial charge in [-0.15, -0.1) is 0 Å². The maximum Gasteiger partial charge on any atom is 0.302 e. The molecule has 0 aliphatic heterocycles. The Morgan fingerprint density at radius 1 is 1.14 bits per heavy atom. The lowest BCUT2D eigenvalue weighted by Gasteiger charge is -2.22. The summed E-state index contributed by atoms with van der Waals surface area (Å²) in [5.41, 5.74) is 0.847. The molecule has 6 nitrogen and oxygen atoms in total. The molecule has 1 amide bonds. The van der Waals surface area contributed by atoms with Crippen LogP contribution in [0, 0.1) is 5.82 Å². The van der Waals surface area contributed by atoms with Crippen LogP contribution in [0.1, 0.15) is 31.0 Å². The molecule has 1 N–H and O–H groups in total. The Bertz CT molecular complexity index is 841. The highest BCUT2D eigenvalue weighted by molar-refractivity contribution is 6.31. The van der Waals surface area contributed by atoms with Gasteiger partial charge in [-0.2, -0.15) is 0 Å². The van der Waals surface area contributed by atoms with Gasteiger partial charge in [-0.05, 0) is 42.0 Å². The van der Waals surface area contributed by atoms with E-state index in [2.05, 4.69) is 5.32 Å². The second-order valence-corrected chi connectivity index (χ2v) is 6.38. The summed E-state index contributed by atoms with van der Waals surface area (Å²) in [6.45, 7) is 2.42. The van der Waals surface area contributed by atoms with Crippen molar-refractivity contribution in [3.8, 4) is 11.5 Å². The third-order valence-corrected chi connectivity index (χ3v) is 4.18. The minimum atomic E-state index is -0.774. The lowest BCUT2D eigenvalue weighted by atomic mass is 10.0. The zero-order valence-electron chi connectivity index (χ0n) is 15.8. The van der Waals surface area contributed by atoms with Gasteiger partial charge in [-0.1, -0.05) is 11.6 Å². The number of rotatable bonds is 8. The number of methoxy groups -OCH3 is 1. The lowest BCUT2D eigenvalue weighted by Crippen LogP contribution is -2.31. The van der Waals surface area contributed by atoms with Gasteiger partial charge >= 0.3 is 5.97 Å². The third-order valence-electron chi connectivity index (χ3n) is 3.84. The van der Waals surface area contributed by atoms with Crippen LogP contribution in [0.5, 0.6) is 11.5 Å². The molecule has 0 saturated carbocycles. The predicted molar refractivity (Wildman–Crippen MR) is 102 cm³/mol. The average molecular weight is 410 g/mol. The molecule has 2 aromatic rings. The van der Waals surface area contributed by atoms with Crippen LogP contribution in [-0.4, -0.2) is 25.6 Å². The smallest absolute Gasteiger partial charge is 0.302 e. The molecular formula is C20H21ClFNO5. The first-order chi connectivity index (χ1) is 13.3. The maximum absolute atomic E-state index is 14.0. The minimum absolute atomic E-state index is 0.0247. The Kier molecular flexibility index (Phi) is 7.63. The van der Waals surface area contributed by atoms with Gasteiger partial charge in [-0.3, -0.25) is 9.59 Å². The molecule has 0 aliphatic rings. The van der Waals surface area contributed by atoms with E-state index < -0.39 is 17.8 Å². The Morgan fingerprint density at radius 2 is 1.79 bits per heavy atom. The van der Waals surface area contributed by atoms with Crippen LogP contribution in [0.4, 0.5) is 4.39 Å². The fourth-order valence-electron chi connectivity index (χ4n) is 2.57. The van der Waals surface area contributed by atoms with Gasteiger partial charge in [0.25, 0.3) is 0 Å². The topological polar surface area (TPSA) is 73.9 Å². The summed E-state index contributed by atoms with van der Waals surface area (Å²) in [4.78, 5) is 22.7. The van der Waals surface area contributed by atoms with Crippen LogP contribution in [0.15, 0.2) is 36.4 Å². The number of halogens is 2. The van der Waals surface area contributed by atoms with Crippen LogP contribution in [0.25, 0.3) is 0 Å². The zero-order valence-corrected chi connectivity index (χ0v) is 16.5. The SMILES string of the molecule is COc1ccc(OCc2c(Cl)cc(F)cc2[C@H](COC(C)=O)NC(C)=O)cc1. The van der Waals surface area contributed by atoms with Crippen molar-refractivity contribution in [2.75, 3.05) is 13.7 Å². The van der Waals surface area contributed by atoms with Gasteiger partial charge in [0.15, 0.2) is 0 Å². The number of amides is 1. The fourth-order valence-corrected chi connectivity index (χ4v) is 2.84. The summed E-state index contributed by atoms with van der Waals surface area (Å²) < 4.78 is 29.8. The molecule has 150 valence electrons. The van der Waals surface area contributed by atoms with Gasteiger partial charge in [0.2, 0.25) is 5.91 Å². The normalized spacial score (nSPS) is 11.5.